The van der Waals surface area contributed by atoms with Crippen LogP contribution in [0.3, 0.4) is 0 Å². The van der Waals surface area contributed by atoms with Gasteiger partial charge in [-0.05, 0) is 11.5 Å². The minimum Gasteiger partial charge on any atom is -0.354 e. The summed E-state index contributed by atoms with van der Waals surface area (Å²) >= 11 is 0. The molecule has 0 saturated heterocycles. The van der Waals surface area contributed by atoms with E-state index >= 15 is 0 Å². The minimum atomic E-state index is -0.365. The predicted molar refractivity (Wildman–Crippen MR) is 104 cm³/mol. The lowest BCUT2D eigenvalue weighted by Gasteiger charge is -2.17. The van der Waals surface area contributed by atoms with Crippen molar-refractivity contribution in [2.24, 2.45) is 5.41 Å². The van der Waals surface area contributed by atoms with Gasteiger partial charge in [0.25, 0.3) is 5.56 Å². The van der Waals surface area contributed by atoms with Crippen molar-refractivity contribution in [2.45, 2.75) is 40.3 Å². The van der Waals surface area contributed by atoms with Gasteiger partial charge in [-0.15, -0.1) is 0 Å². The molecule has 8 heteroatoms. The van der Waals surface area contributed by atoms with Crippen LogP contribution in [0.25, 0.3) is 11.0 Å². The van der Waals surface area contributed by atoms with Crippen LogP contribution in [-0.2, 0) is 17.9 Å². The van der Waals surface area contributed by atoms with Gasteiger partial charge in [-0.25, -0.2) is 14.1 Å². The Bertz CT molecular complexity index is 1050. The first kappa shape index (κ1) is 19.7. The second-order valence-electron chi connectivity index (χ2n) is 7.96. The maximum Gasteiger partial charge on any atom is 0.264 e. The van der Waals surface area contributed by atoms with Crippen molar-refractivity contribution >= 4 is 16.9 Å². The molecule has 1 aromatic carbocycles. The van der Waals surface area contributed by atoms with Crippen LogP contribution < -0.4 is 10.9 Å². The summed E-state index contributed by atoms with van der Waals surface area (Å²) in [4.78, 5) is 28.9. The minimum absolute atomic E-state index is 0.0239. The summed E-state index contributed by atoms with van der Waals surface area (Å²) in [5, 5.41) is 7.42. The molecule has 0 atom stereocenters. The number of fused-ring (bicyclic) bond motifs is 1. The number of hydrogen-bond donors (Lipinski definition) is 1. The molecule has 0 bridgehead atoms. The molecule has 0 radical (unpaired) electrons. The lowest BCUT2D eigenvalue weighted by atomic mass is 9.92. The highest BCUT2D eigenvalue weighted by atomic mass is 19.1. The molecule has 2 aromatic heterocycles. The van der Waals surface area contributed by atoms with Gasteiger partial charge in [-0.3, -0.25) is 14.2 Å². The molecule has 2 heterocycles. The second kappa shape index (κ2) is 7.92. The first-order chi connectivity index (χ1) is 13.2. The predicted octanol–water partition coefficient (Wildman–Crippen LogP) is 2.33. The highest BCUT2D eigenvalue weighted by Crippen LogP contribution is 2.17. The van der Waals surface area contributed by atoms with E-state index in [9.17, 15) is 14.0 Å². The first-order valence-corrected chi connectivity index (χ1v) is 9.16. The van der Waals surface area contributed by atoms with Crippen molar-refractivity contribution in [2.75, 3.05) is 6.54 Å². The third-order valence-electron chi connectivity index (χ3n) is 4.26. The number of benzene rings is 1. The molecule has 0 saturated carbocycles. The summed E-state index contributed by atoms with van der Waals surface area (Å²) in [5.41, 5.74) is 0.503. The highest BCUT2D eigenvalue weighted by molar-refractivity contribution is 5.76. The molecule has 3 aromatic rings. The molecule has 0 aliphatic carbocycles. The van der Waals surface area contributed by atoms with Gasteiger partial charge in [-0.2, -0.15) is 5.10 Å². The number of rotatable bonds is 6. The molecule has 0 aliphatic rings. The molecule has 3 rings (SSSR count). The number of amides is 1. The maximum atomic E-state index is 13.8. The fourth-order valence-corrected chi connectivity index (χ4v) is 2.93. The molecular weight excluding hydrogens is 361 g/mol. The van der Waals surface area contributed by atoms with E-state index in [1.165, 1.54) is 23.2 Å². The van der Waals surface area contributed by atoms with E-state index in [-0.39, 0.29) is 29.2 Å². The van der Waals surface area contributed by atoms with Crippen LogP contribution in [0.1, 0.15) is 32.8 Å². The topological polar surface area (TPSA) is 81.8 Å². The molecule has 0 fully saturated rings. The molecule has 1 amide bonds. The van der Waals surface area contributed by atoms with Crippen LogP contribution in [0.2, 0.25) is 0 Å². The van der Waals surface area contributed by atoms with Crippen molar-refractivity contribution in [1.29, 1.82) is 0 Å². The Hall–Kier alpha value is -3.03. The standard InChI is InChI=1S/C20H24FN5O2/c1-20(2,3)10-17(27)22-8-9-26-18-15(11-24-26)19(28)25(13-23-18)12-14-6-4-5-7-16(14)21/h4-7,11,13H,8-10,12H2,1-3H3,(H,22,27). The highest BCUT2D eigenvalue weighted by Gasteiger charge is 2.16. The SMILES string of the molecule is CC(C)(C)CC(=O)NCCn1ncc2c(=O)n(Cc3ccccc3F)cnc21. The van der Waals surface area contributed by atoms with Gasteiger partial charge in [0.05, 0.1) is 19.3 Å². The van der Waals surface area contributed by atoms with E-state index < -0.39 is 0 Å². The van der Waals surface area contributed by atoms with Crippen LogP contribution in [0, 0.1) is 11.2 Å². The monoisotopic (exact) mass is 385 g/mol. The summed E-state index contributed by atoms with van der Waals surface area (Å²) < 4.78 is 16.8. The van der Waals surface area contributed by atoms with Gasteiger partial charge in [0, 0.05) is 18.5 Å². The first-order valence-electron chi connectivity index (χ1n) is 9.16. The van der Waals surface area contributed by atoms with E-state index in [0.29, 0.717) is 36.1 Å². The summed E-state index contributed by atoms with van der Waals surface area (Å²) in [6.07, 6.45) is 3.29. The average Bonchev–Trinajstić information content (AvgIpc) is 3.01. The number of hydrogen-bond acceptors (Lipinski definition) is 4. The van der Waals surface area contributed by atoms with Gasteiger partial charge >= 0.3 is 0 Å². The lowest BCUT2D eigenvalue weighted by molar-refractivity contribution is -0.122. The number of halogens is 1. The van der Waals surface area contributed by atoms with Crippen molar-refractivity contribution in [3.63, 3.8) is 0 Å². The Kier molecular flexibility index (Phi) is 5.58. The lowest BCUT2D eigenvalue weighted by Crippen LogP contribution is -2.30. The van der Waals surface area contributed by atoms with Crippen LogP contribution in [0.15, 0.2) is 41.6 Å². The summed E-state index contributed by atoms with van der Waals surface area (Å²) in [6, 6.07) is 6.32. The molecule has 7 nitrogen and oxygen atoms in total. The maximum absolute atomic E-state index is 13.8. The van der Waals surface area contributed by atoms with Gasteiger partial charge < -0.3 is 5.32 Å². The molecule has 0 aliphatic heterocycles. The zero-order chi connectivity index (χ0) is 20.3. The largest absolute Gasteiger partial charge is 0.354 e. The Morgan fingerprint density at radius 1 is 1.25 bits per heavy atom. The second-order valence-corrected chi connectivity index (χ2v) is 7.96. The summed E-state index contributed by atoms with van der Waals surface area (Å²) in [7, 11) is 0. The molecule has 148 valence electrons. The number of nitrogens with zero attached hydrogens (tertiary/aromatic N) is 4. The van der Waals surface area contributed by atoms with Crippen molar-refractivity contribution < 1.29 is 9.18 Å². The Morgan fingerprint density at radius 3 is 2.71 bits per heavy atom. The molecule has 28 heavy (non-hydrogen) atoms. The number of carbonyl (C=O) groups excluding carboxylic acids is 1. The van der Waals surface area contributed by atoms with E-state index in [1.54, 1.807) is 22.9 Å². The average molecular weight is 385 g/mol. The third kappa shape index (κ3) is 4.62. The Balaban J connectivity index is 1.72. The number of aromatic nitrogens is 4. The normalized spacial score (nSPS) is 11.7. The summed E-state index contributed by atoms with van der Waals surface area (Å²) in [5.74, 6) is -0.389. The van der Waals surface area contributed by atoms with E-state index in [4.69, 9.17) is 0 Å². The zero-order valence-electron chi connectivity index (χ0n) is 16.3. The van der Waals surface area contributed by atoms with E-state index in [1.807, 2.05) is 20.8 Å². The van der Waals surface area contributed by atoms with Crippen molar-refractivity contribution in [3.8, 4) is 0 Å². The smallest absolute Gasteiger partial charge is 0.264 e. The van der Waals surface area contributed by atoms with Crippen molar-refractivity contribution in [1.82, 2.24) is 24.6 Å². The van der Waals surface area contributed by atoms with Crippen LogP contribution >= 0.6 is 0 Å². The molecule has 0 unspecified atom stereocenters. The Labute approximate surface area is 162 Å². The molecule has 0 spiro atoms. The quantitative estimate of drug-likeness (QED) is 0.706. The van der Waals surface area contributed by atoms with Crippen molar-refractivity contribution in [3.05, 3.63) is 58.5 Å². The van der Waals surface area contributed by atoms with Gasteiger partial charge in [0.2, 0.25) is 5.91 Å². The number of carbonyl (C=O) groups is 1. The number of nitrogens with one attached hydrogen (secondary N) is 1. The van der Waals surface area contributed by atoms with Gasteiger partial charge in [0.1, 0.15) is 17.5 Å². The van der Waals surface area contributed by atoms with Crippen LogP contribution in [0.4, 0.5) is 4.39 Å². The molecule has 1 N–H and O–H groups in total. The third-order valence-corrected chi connectivity index (χ3v) is 4.26. The zero-order valence-corrected chi connectivity index (χ0v) is 16.3. The van der Waals surface area contributed by atoms with Gasteiger partial charge in [-0.1, -0.05) is 39.0 Å². The summed E-state index contributed by atoms with van der Waals surface area (Å²) in [6.45, 7) is 6.91. The van der Waals surface area contributed by atoms with Crippen LogP contribution in [-0.4, -0.2) is 31.8 Å². The fourth-order valence-electron chi connectivity index (χ4n) is 2.93. The van der Waals surface area contributed by atoms with E-state index in [0.717, 1.165) is 0 Å². The van der Waals surface area contributed by atoms with E-state index in [2.05, 4.69) is 15.4 Å². The van der Waals surface area contributed by atoms with Crippen LogP contribution in [0.5, 0.6) is 0 Å². The molecular formula is C20H24FN5O2. The Morgan fingerprint density at radius 2 is 2.00 bits per heavy atom. The van der Waals surface area contributed by atoms with Gasteiger partial charge in [0.15, 0.2) is 5.65 Å². The fraction of sp³-hybridized carbons (Fsp3) is 0.400.